The lowest BCUT2D eigenvalue weighted by molar-refractivity contribution is 0.101. The summed E-state index contributed by atoms with van der Waals surface area (Å²) < 4.78 is 5.73. The molecule has 0 atom stereocenters. The van der Waals surface area contributed by atoms with Crippen molar-refractivity contribution in [3.05, 3.63) is 42.0 Å². The maximum atomic E-state index is 11.3. The Morgan fingerprint density at radius 1 is 1.47 bits per heavy atom. The second kappa shape index (κ2) is 6.24. The van der Waals surface area contributed by atoms with Gasteiger partial charge < -0.3 is 4.74 Å². The molecule has 0 aliphatic carbocycles. The summed E-state index contributed by atoms with van der Waals surface area (Å²) in [5.74, 6) is 1.41. The van der Waals surface area contributed by atoms with Gasteiger partial charge >= 0.3 is 0 Å². The average molecular weight is 232 g/mol. The first-order valence-corrected chi connectivity index (χ1v) is 5.92. The van der Waals surface area contributed by atoms with Crippen LogP contribution in [0, 0.1) is 5.92 Å². The summed E-state index contributed by atoms with van der Waals surface area (Å²) in [4.78, 5) is 11.3. The highest BCUT2D eigenvalue weighted by Gasteiger charge is 2.07. The minimum Gasteiger partial charge on any atom is -0.493 e. The summed E-state index contributed by atoms with van der Waals surface area (Å²) in [6.07, 6.45) is 2.54. The molecule has 0 aliphatic rings. The van der Waals surface area contributed by atoms with E-state index in [1.165, 1.54) is 0 Å². The van der Waals surface area contributed by atoms with Gasteiger partial charge in [-0.05, 0) is 43.0 Å². The number of benzene rings is 1. The Hall–Kier alpha value is -1.57. The first-order valence-electron chi connectivity index (χ1n) is 5.92. The fraction of sp³-hybridized carbons (Fsp3) is 0.400. The largest absolute Gasteiger partial charge is 0.493 e. The van der Waals surface area contributed by atoms with E-state index in [1.54, 1.807) is 6.92 Å². The quantitative estimate of drug-likeness (QED) is 0.552. The van der Waals surface area contributed by atoms with Crippen molar-refractivity contribution in [2.24, 2.45) is 5.92 Å². The number of ether oxygens (including phenoxy) is 1. The number of rotatable bonds is 6. The highest BCUT2D eigenvalue weighted by Crippen LogP contribution is 2.22. The molecule has 0 saturated carbocycles. The van der Waals surface area contributed by atoms with E-state index in [-0.39, 0.29) is 5.78 Å². The molecular formula is C15H20O2. The third kappa shape index (κ3) is 4.06. The molecule has 1 rings (SSSR count). The first-order chi connectivity index (χ1) is 8.04. The maximum Gasteiger partial charge on any atom is 0.159 e. The standard InChI is InChI=1S/C15H20O2/c1-5-6-14-9-13(12(4)16)7-8-15(14)17-10-11(2)3/h5,7-9,11H,1,6,10H2,2-4H3. The van der Waals surface area contributed by atoms with Crippen LogP contribution in [0.3, 0.4) is 0 Å². The maximum absolute atomic E-state index is 11.3. The lowest BCUT2D eigenvalue weighted by Gasteiger charge is -2.13. The SMILES string of the molecule is C=CCc1cc(C(C)=O)ccc1OCC(C)C. The van der Waals surface area contributed by atoms with Gasteiger partial charge in [0, 0.05) is 5.56 Å². The Morgan fingerprint density at radius 3 is 2.71 bits per heavy atom. The van der Waals surface area contributed by atoms with E-state index < -0.39 is 0 Å². The third-order valence-electron chi connectivity index (χ3n) is 2.40. The lowest BCUT2D eigenvalue weighted by Crippen LogP contribution is -2.06. The number of allylic oxidation sites excluding steroid dienone is 1. The van der Waals surface area contributed by atoms with Gasteiger partial charge in [-0.15, -0.1) is 6.58 Å². The van der Waals surface area contributed by atoms with Gasteiger partial charge in [0.1, 0.15) is 5.75 Å². The molecule has 2 heteroatoms. The molecule has 1 aromatic carbocycles. The van der Waals surface area contributed by atoms with E-state index in [4.69, 9.17) is 4.74 Å². The van der Waals surface area contributed by atoms with Crippen molar-refractivity contribution in [1.29, 1.82) is 0 Å². The number of carbonyl (C=O) groups excluding carboxylic acids is 1. The zero-order valence-electron chi connectivity index (χ0n) is 10.8. The number of Topliss-reactive ketones (excluding diaryl/α,β-unsaturated/α-hetero) is 1. The van der Waals surface area contributed by atoms with Crippen LogP contribution in [0.4, 0.5) is 0 Å². The number of hydrogen-bond acceptors (Lipinski definition) is 2. The van der Waals surface area contributed by atoms with Crippen LogP contribution in [0.1, 0.15) is 36.7 Å². The molecule has 0 heterocycles. The van der Waals surface area contributed by atoms with Gasteiger partial charge in [0.2, 0.25) is 0 Å². The Kier molecular flexibility index (Phi) is 4.95. The van der Waals surface area contributed by atoms with Crippen LogP contribution in [-0.2, 0) is 6.42 Å². The van der Waals surface area contributed by atoms with Gasteiger partial charge in [0.05, 0.1) is 6.61 Å². The Morgan fingerprint density at radius 2 is 2.18 bits per heavy atom. The Labute approximate surface area is 103 Å². The van der Waals surface area contributed by atoms with Crippen LogP contribution in [0.5, 0.6) is 5.75 Å². The summed E-state index contributed by atoms with van der Waals surface area (Å²) in [6.45, 7) is 10.2. The summed E-state index contributed by atoms with van der Waals surface area (Å²) in [5.41, 5.74) is 1.74. The smallest absolute Gasteiger partial charge is 0.159 e. The van der Waals surface area contributed by atoms with E-state index >= 15 is 0 Å². The number of hydrogen-bond donors (Lipinski definition) is 0. The van der Waals surface area contributed by atoms with Gasteiger partial charge in [0.25, 0.3) is 0 Å². The van der Waals surface area contributed by atoms with E-state index in [0.29, 0.717) is 18.9 Å². The van der Waals surface area contributed by atoms with E-state index in [9.17, 15) is 4.79 Å². The van der Waals surface area contributed by atoms with E-state index in [2.05, 4.69) is 20.4 Å². The zero-order valence-corrected chi connectivity index (χ0v) is 10.8. The molecule has 2 nitrogen and oxygen atoms in total. The highest BCUT2D eigenvalue weighted by molar-refractivity contribution is 5.94. The van der Waals surface area contributed by atoms with Gasteiger partial charge in [0.15, 0.2) is 5.78 Å². The topological polar surface area (TPSA) is 26.3 Å². The lowest BCUT2D eigenvalue weighted by atomic mass is 10.0. The van der Waals surface area contributed by atoms with Crippen molar-refractivity contribution in [2.45, 2.75) is 27.2 Å². The van der Waals surface area contributed by atoms with Crippen LogP contribution < -0.4 is 4.74 Å². The molecule has 0 radical (unpaired) electrons. The Bertz CT molecular complexity index is 405. The monoisotopic (exact) mass is 232 g/mol. The van der Waals surface area contributed by atoms with Crippen molar-refractivity contribution in [1.82, 2.24) is 0 Å². The van der Waals surface area contributed by atoms with Crippen LogP contribution in [0.2, 0.25) is 0 Å². The predicted molar refractivity (Wildman–Crippen MR) is 70.7 cm³/mol. The highest BCUT2D eigenvalue weighted by atomic mass is 16.5. The fourth-order valence-electron chi connectivity index (χ4n) is 1.51. The second-order valence-corrected chi connectivity index (χ2v) is 4.58. The van der Waals surface area contributed by atoms with E-state index in [0.717, 1.165) is 16.9 Å². The van der Waals surface area contributed by atoms with Crippen molar-refractivity contribution < 1.29 is 9.53 Å². The van der Waals surface area contributed by atoms with E-state index in [1.807, 2.05) is 24.3 Å². The molecule has 0 aliphatic heterocycles. The number of carbonyl (C=O) groups is 1. The molecule has 0 amide bonds. The van der Waals surface area contributed by atoms with Crippen molar-refractivity contribution in [2.75, 3.05) is 6.61 Å². The minimum absolute atomic E-state index is 0.0747. The molecule has 0 fully saturated rings. The van der Waals surface area contributed by atoms with Gasteiger partial charge in [-0.3, -0.25) is 4.79 Å². The average Bonchev–Trinajstić information content (AvgIpc) is 2.27. The predicted octanol–water partition coefficient (Wildman–Crippen LogP) is 3.65. The molecule has 0 aromatic heterocycles. The van der Waals surface area contributed by atoms with Crippen LogP contribution >= 0.6 is 0 Å². The summed E-state index contributed by atoms with van der Waals surface area (Å²) in [7, 11) is 0. The van der Waals surface area contributed by atoms with Crippen molar-refractivity contribution in [3.63, 3.8) is 0 Å². The third-order valence-corrected chi connectivity index (χ3v) is 2.40. The number of ketones is 1. The summed E-state index contributed by atoms with van der Waals surface area (Å²) in [6, 6.07) is 5.57. The zero-order chi connectivity index (χ0) is 12.8. The Balaban J connectivity index is 2.95. The molecule has 0 N–H and O–H groups in total. The van der Waals surface area contributed by atoms with Crippen LogP contribution in [0.25, 0.3) is 0 Å². The van der Waals surface area contributed by atoms with Crippen LogP contribution in [0.15, 0.2) is 30.9 Å². The summed E-state index contributed by atoms with van der Waals surface area (Å²) >= 11 is 0. The molecule has 0 unspecified atom stereocenters. The van der Waals surface area contributed by atoms with Gasteiger partial charge in [-0.1, -0.05) is 19.9 Å². The summed E-state index contributed by atoms with van der Waals surface area (Å²) in [5, 5.41) is 0. The second-order valence-electron chi connectivity index (χ2n) is 4.58. The van der Waals surface area contributed by atoms with Crippen molar-refractivity contribution >= 4 is 5.78 Å². The molecule has 1 aromatic rings. The minimum atomic E-state index is 0.0747. The molecule has 0 saturated heterocycles. The van der Waals surface area contributed by atoms with Gasteiger partial charge in [-0.2, -0.15) is 0 Å². The molecule has 17 heavy (non-hydrogen) atoms. The van der Waals surface area contributed by atoms with Crippen molar-refractivity contribution in [3.8, 4) is 5.75 Å². The molecule has 0 bridgehead atoms. The normalized spacial score (nSPS) is 10.4. The van der Waals surface area contributed by atoms with Gasteiger partial charge in [-0.25, -0.2) is 0 Å². The molecule has 0 spiro atoms. The fourth-order valence-corrected chi connectivity index (χ4v) is 1.51. The first kappa shape index (κ1) is 13.5. The van der Waals surface area contributed by atoms with Crippen LogP contribution in [-0.4, -0.2) is 12.4 Å². The molecular weight excluding hydrogens is 212 g/mol. The molecule has 92 valence electrons.